The quantitative estimate of drug-likeness (QED) is 0.312. The van der Waals surface area contributed by atoms with Gasteiger partial charge < -0.3 is 34.9 Å². The van der Waals surface area contributed by atoms with Crippen LogP contribution in [0.4, 0.5) is 17.5 Å². The smallest absolute Gasteiger partial charge is 0.207 e. The zero-order chi connectivity index (χ0) is 22.5. The Labute approximate surface area is 184 Å². The van der Waals surface area contributed by atoms with Gasteiger partial charge in [0.2, 0.25) is 11.7 Å². The number of fused-ring (bicyclic) bond motifs is 1. The van der Waals surface area contributed by atoms with Gasteiger partial charge in [-0.15, -0.1) is 0 Å². The summed E-state index contributed by atoms with van der Waals surface area (Å²) in [6.45, 7) is 0.658. The van der Waals surface area contributed by atoms with Crippen molar-refractivity contribution in [3.63, 3.8) is 0 Å². The van der Waals surface area contributed by atoms with Crippen LogP contribution in [0.2, 0.25) is 0 Å². The zero-order valence-electron chi connectivity index (χ0n) is 18.0. The topological polar surface area (TPSA) is 126 Å². The molecular weight excluding hydrogens is 412 g/mol. The fraction of sp³-hybridized carbons (Fsp3) is 0.227. The SMILES string of the molecule is COc1cc(Nc2nc3ncnc(NCCc4ccc(O)cc4)c3[nH]2)cc(OC)c1OC. The Morgan fingerprint density at radius 3 is 2.34 bits per heavy atom. The fourth-order valence-electron chi connectivity index (χ4n) is 3.30. The van der Waals surface area contributed by atoms with Crippen LogP contribution in [-0.4, -0.2) is 52.9 Å². The highest BCUT2D eigenvalue weighted by molar-refractivity contribution is 5.85. The molecule has 0 aliphatic heterocycles. The number of methoxy groups -OCH3 is 3. The van der Waals surface area contributed by atoms with Gasteiger partial charge in [0.1, 0.15) is 17.6 Å². The third-order valence-corrected chi connectivity index (χ3v) is 4.86. The first-order valence-corrected chi connectivity index (χ1v) is 9.90. The van der Waals surface area contributed by atoms with E-state index in [4.69, 9.17) is 14.2 Å². The second-order valence-electron chi connectivity index (χ2n) is 6.89. The largest absolute Gasteiger partial charge is 0.508 e. The maximum atomic E-state index is 9.40. The Hall–Kier alpha value is -4.21. The van der Waals surface area contributed by atoms with Crippen LogP contribution in [-0.2, 0) is 6.42 Å². The van der Waals surface area contributed by atoms with Gasteiger partial charge in [-0.25, -0.2) is 9.97 Å². The summed E-state index contributed by atoms with van der Waals surface area (Å²) >= 11 is 0. The summed E-state index contributed by atoms with van der Waals surface area (Å²) in [7, 11) is 4.68. The summed E-state index contributed by atoms with van der Waals surface area (Å²) in [5, 5.41) is 15.9. The molecular formula is C22H24N6O4. The van der Waals surface area contributed by atoms with Crippen molar-refractivity contribution < 1.29 is 19.3 Å². The molecule has 2 aromatic heterocycles. The number of ether oxygens (including phenoxy) is 3. The molecule has 0 saturated carbocycles. The zero-order valence-corrected chi connectivity index (χ0v) is 18.0. The lowest BCUT2D eigenvalue weighted by Crippen LogP contribution is -2.07. The van der Waals surface area contributed by atoms with Gasteiger partial charge in [-0.2, -0.15) is 4.98 Å². The monoisotopic (exact) mass is 436 g/mol. The predicted octanol–water partition coefficient (Wildman–Crippen LogP) is 3.48. The number of hydrogen-bond donors (Lipinski definition) is 4. The van der Waals surface area contributed by atoms with Crippen LogP contribution in [0.3, 0.4) is 0 Å². The molecule has 10 heteroatoms. The van der Waals surface area contributed by atoms with Gasteiger partial charge in [0.15, 0.2) is 23.0 Å². The summed E-state index contributed by atoms with van der Waals surface area (Å²) in [6.07, 6.45) is 2.24. The van der Waals surface area contributed by atoms with Crippen LogP contribution in [0.5, 0.6) is 23.0 Å². The van der Waals surface area contributed by atoms with E-state index in [9.17, 15) is 5.11 Å². The molecule has 4 aromatic rings. The van der Waals surface area contributed by atoms with Crippen LogP contribution in [0.1, 0.15) is 5.56 Å². The number of anilines is 3. The van der Waals surface area contributed by atoms with Crippen molar-refractivity contribution in [2.24, 2.45) is 0 Å². The number of rotatable bonds is 9. The van der Waals surface area contributed by atoms with E-state index in [0.29, 0.717) is 52.4 Å². The number of phenolic OH excluding ortho intramolecular Hbond substituents is 1. The van der Waals surface area contributed by atoms with E-state index in [2.05, 4.69) is 30.6 Å². The first-order valence-electron chi connectivity index (χ1n) is 9.90. The minimum atomic E-state index is 0.254. The van der Waals surface area contributed by atoms with Crippen LogP contribution in [0.25, 0.3) is 11.2 Å². The van der Waals surface area contributed by atoms with Crippen molar-refractivity contribution in [1.29, 1.82) is 0 Å². The van der Waals surface area contributed by atoms with Crippen LogP contribution in [0, 0.1) is 0 Å². The molecule has 2 aromatic carbocycles. The van der Waals surface area contributed by atoms with E-state index < -0.39 is 0 Å². The number of aromatic hydroxyl groups is 1. The molecule has 0 saturated heterocycles. The van der Waals surface area contributed by atoms with Crippen molar-refractivity contribution in [3.8, 4) is 23.0 Å². The number of hydrogen-bond acceptors (Lipinski definition) is 9. The average Bonchev–Trinajstić information content (AvgIpc) is 3.23. The van der Waals surface area contributed by atoms with Gasteiger partial charge in [0.05, 0.1) is 21.3 Å². The van der Waals surface area contributed by atoms with Gasteiger partial charge in [-0.1, -0.05) is 12.1 Å². The Morgan fingerprint density at radius 1 is 0.969 bits per heavy atom. The van der Waals surface area contributed by atoms with Gasteiger partial charge in [0, 0.05) is 24.4 Å². The second-order valence-corrected chi connectivity index (χ2v) is 6.89. The Balaban J connectivity index is 1.52. The molecule has 0 radical (unpaired) electrons. The highest BCUT2D eigenvalue weighted by Crippen LogP contribution is 2.40. The number of imidazole rings is 1. The maximum absolute atomic E-state index is 9.40. The van der Waals surface area contributed by atoms with Crippen molar-refractivity contribution in [1.82, 2.24) is 19.9 Å². The van der Waals surface area contributed by atoms with Gasteiger partial charge in [-0.3, -0.25) is 0 Å². The van der Waals surface area contributed by atoms with Gasteiger partial charge in [0.25, 0.3) is 0 Å². The van der Waals surface area contributed by atoms with Crippen LogP contribution < -0.4 is 24.8 Å². The molecule has 0 unspecified atom stereocenters. The van der Waals surface area contributed by atoms with Crippen LogP contribution >= 0.6 is 0 Å². The fourth-order valence-corrected chi connectivity index (χ4v) is 3.30. The van der Waals surface area contributed by atoms with Crippen molar-refractivity contribution >= 4 is 28.6 Å². The van der Waals surface area contributed by atoms with Gasteiger partial charge in [-0.05, 0) is 24.1 Å². The highest BCUT2D eigenvalue weighted by atomic mass is 16.5. The summed E-state index contributed by atoms with van der Waals surface area (Å²) in [5.41, 5.74) is 3.03. The molecule has 0 aliphatic rings. The molecule has 0 spiro atoms. The number of aromatic amines is 1. The molecule has 166 valence electrons. The number of nitrogens with one attached hydrogen (secondary N) is 3. The molecule has 2 heterocycles. The first-order chi connectivity index (χ1) is 15.6. The molecule has 4 rings (SSSR count). The number of H-pyrrole nitrogens is 1. The molecule has 0 amide bonds. The number of phenols is 1. The van der Waals surface area contributed by atoms with E-state index in [1.165, 1.54) is 6.33 Å². The molecule has 0 fully saturated rings. The van der Waals surface area contributed by atoms with Crippen LogP contribution in [0.15, 0.2) is 42.7 Å². The van der Waals surface area contributed by atoms with Crippen molar-refractivity contribution in [2.75, 3.05) is 38.5 Å². The summed E-state index contributed by atoms with van der Waals surface area (Å²) in [5.74, 6) is 2.97. The predicted molar refractivity (Wildman–Crippen MR) is 121 cm³/mol. The Morgan fingerprint density at radius 2 is 1.69 bits per heavy atom. The molecule has 10 nitrogen and oxygen atoms in total. The average molecular weight is 436 g/mol. The molecule has 0 bridgehead atoms. The highest BCUT2D eigenvalue weighted by Gasteiger charge is 2.15. The molecule has 4 N–H and O–H groups in total. The first kappa shape index (κ1) is 21.0. The number of benzene rings is 2. The lowest BCUT2D eigenvalue weighted by Gasteiger charge is -2.14. The van der Waals surface area contributed by atoms with E-state index in [0.717, 1.165) is 12.0 Å². The summed E-state index contributed by atoms with van der Waals surface area (Å²) < 4.78 is 16.2. The molecule has 0 aliphatic carbocycles. The normalized spacial score (nSPS) is 10.7. The minimum absolute atomic E-state index is 0.254. The van der Waals surface area contributed by atoms with Crippen molar-refractivity contribution in [3.05, 3.63) is 48.3 Å². The van der Waals surface area contributed by atoms with Crippen molar-refractivity contribution in [2.45, 2.75) is 6.42 Å². The van der Waals surface area contributed by atoms with E-state index >= 15 is 0 Å². The lowest BCUT2D eigenvalue weighted by molar-refractivity contribution is 0.324. The standard InChI is InChI=1S/C22H24N6O4/c1-30-16-10-14(11-17(31-2)19(16)32-3)26-22-27-18-20(24-12-25-21(18)28-22)23-9-8-13-4-6-15(29)7-5-13/h4-7,10-12,29H,8-9H2,1-3H3,(H3,23,24,25,26,27,28). The Kier molecular flexibility index (Phi) is 6.11. The van der Waals surface area contributed by atoms with Gasteiger partial charge >= 0.3 is 0 Å². The summed E-state index contributed by atoms with van der Waals surface area (Å²) in [6, 6.07) is 10.7. The second kappa shape index (κ2) is 9.29. The van der Waals surface area contributed by atoms with E-state index in [-0.39, 0.29) is 5.75 Å². The number of nitrogens with zero attached hydrogens (tertiary/aromatic N) is 3. The van der Waals surface area contributed by atoms with E-state index in [1.807, 2.05) is 12.1 Å². The Bertz CT molecular complexity index is 1180. The molecule has 0 atom stereocenters. The number of aromatic nitrogens is 4. The lowest BCUT2D eigenvalue weighted by atomic mass is 10.1. The van der Waals surface area contributed by atoms with E-state index in [1.54, 1.807) is 45.6 Å². The summed E-state index contributed by atoms with van der Waals surface area (Å²) in [4.78, 5) is 16.3. The minimum Gasteiger partial charge on any atom is -0.508 e. The third kappa shape index (κ3) is 4.43. The maximum Gasteiger partial charge on any atom is 0.207 e. The third-order valence-electron chi connectivity index (χ3n) is 4.86. The molecule has 32 heavy (non-hydrogen) atoms.